The lowest BCUT2D eigenvalue weighted by atomic mass is 10.2. The number of hydrogen-bond acceptors (Lipinski definition) is 3. The number of halogens is 4. The van der Waals surface area contributed by atoms with Gasteiger partial charge < -0.3 is 9.47 Å². The molecule has 0 aromatic rings. The predicted molar refractivity (Wildman–Crippen MR) is 26.9 cm³/mol. The van der Waals surface area contributed by atoms with E-state index >= 15 is 0 Å². The molecule has 3 nitrogen and oxygen atoms in total. The zero-order valence-corrected chi connectivity index (χ0v) is 5.60. The number of hydrogen-bond donors (Lipinski definition) is 0. The Morgan fingerprint density at radius 2 is 1.92 bits per heavy atom. The van der Waals surface area contributed by atoms with Gasteiger partial charge in [-0.2, -0.15) is 17.6 Å². The number of ether oxygens (including phenoxy) is 2. The highest BCUT2D eigenvalue weighted by molar-refractivity contribution is 5.62. The van der Waals surface area contributed by atoms with Gasteiger partial charge >= 0.3 is 12.3 Å². The van der Waals surface area contributed by atoms with Gasteiger partial charge in [-0.3, -0.25) is 0 Å². The second kappa shape index (κ2) is 2.80. The van der Waals surface area contributed by atoms with Crippen LogP contribution in [0.15, 0.2) is 0 Å². The highest BCUT2D eigenvalue weighted by atomic mass is 19.4. The van der Waals surface area contributed by atoms with Crippen LogP contribution in [-0.4, -0.2) is 24.8 Å². The molecule has 0 amide bonds. The Balaban J connectivity index is 2.48. The molecule has 0 bridgehead atoms. The number of alkyl halides is 4. The number of carbonyl (C=O) groups excluding carboxylic acids is 1. The van der Waals surface area contributed by atoms with E-state index in [1.54, 1.807) is 0 Å². The Morgan fingerprint density at radius 3 is 2.25 bits per heavy atom. The fourth-order valence-electron chi connectivity index (χ4n) is 0.735. The molecular weight excluding hydrogens is 184 g/mol. The summed E-state index contributed by atoms with van der Waals surface area (Å²) in [5, 5.41) is 0. The van der Waals surface area contributed by atoms with Gasteiger partial charge in [0.2, 0.25) is 0 Å². The summed E-state index contributed by atoms with van der Waals surface area (Å²) in [5.74, 6) is 0. The maximum Gasteiger partial charge on any atom is 0.511 e. The van der Waals surface area contributed by atoms with E-state index in [0.717, 1.165) is 0 Å². The third-order valence-electron chi connectivity index (χ3n) is 1.18. The van der Waals surface area contributed by atoms with Crippen LogP contribution in [0, 0.1) is 0 Å². The van der Waals surface area contributed by atoms with Crippen molar-refractivity contribution >= 4 is 6.16 Å². The van der Waals surface area contributed by atoms with Gasteiger partial charge in [0.15, 0.2) is 6.10 Å². The minimum atomic E-state index is -4.57. The molecule has 0 aliphatic carbocycles. The Kier molecular flexibility index (Phi) is 2.12. The fourth-order valence-corrected chi connectivity index (χ4v) is 0.735. The second-order valence-electron chi connectivity index (χ2n) is 2.19. The van der Waals surface area contributed by atoms with Crippen LogP contribution < -0.4 is 0 Å². The predicted octanol–water partition coefficient (Wildman–Crippen LogP) is 1.77. The van der Waals surface area contributed by atoms with Crippen molar-refractivity contribution in [2.24, 2.45) is 0 Å². The topological polar surface area (TPSA) is 35.5 Å². The molecule has 2 unspecified atom stereocenters. The van der Waals surface area contributed by atoms with Gasteiger partial charge in [-0.05, 0) is 0 Å². The monoisotopic (exact) mass is 188 g/mol. The van der Waals surface area contributed by atoms with Gasteiger partial charge in [0.25, 0.3) is 6.36 Å². The van der Waals surface area contributed by atoms with Crippen molar-refractivity contribution in [1.82, 2.24) is 0 Å². The molecule has 1 rings (SSSR count). The van der Waals surface area contributed by atoms with Crippen LogP contribution in [0.5, 0.6) is 0 Å². The van der Waals surface area contributed by atoms with Crippen molar-refractivity contribution in [2.75, 3.05) is 0 Å². The number of rotatable bonds is 1. The lowest BCUT2D eigenvalue weighted by Crippen LogP contribution is -2.25. The van der Waals surface area contributed by atoms with E-state index in [0.29, 0.717) is 0 Å². The maximum absolute atomic E-state index is 12.3. The molecule has 0 aromatic heterocycles. The Morgan fingerprint density at radius 1 is 1.33 bits per heavy atom. The highest BCUT2D eigenvalue weighted by Gasteiger charge is 2.44. The first-order chi connectivity index (χ1) is 5.38. The van der Waals surface area contributed by atoms with E-state index < -0.39 is 31.2 Å². The lowest BCUT2D eigenvalue weighted by molar-refractivity contribution is -0.159. The minimum Gasteiger partial charge on any atom is -0.424 e. The molecule has 1 aliphatic heterocycles. The number of cyclic esters (lactones) is 2. The van der Waals surface area contributed by atoms with Gasteiger partial charge in [-0.25, -0.2) is 4.79 Å². The van der Waals surface area contributed by atoms with E-state index in [1.165, 1.54) is 0 Å². The van der Waals surface area contributed by atoms with Crippen molar-refractivity contribution in [3.63, 3.8) is 0 Å². The van der Waals surface area contributed by atoms with Crippen LogP contribution in [-0.2, 0) is 9.47 Å². The molecule has 2 atom stereocenters. The molecule has 1 heterocycles. The third kappa shape index (κ3) is 2.24. The Hall–Kier alpha value is -1.01. The van der Waals surface area contributed by atoms with Crippen molar-refractivity contribution in [2.45, 2.75) is 25.1 Å². The summed E-state index contributed by atoms with van der Waals surface area (Å²) in [4.78, 5) is 10.1. The average Bonchev–Trinajstić information content (AvgIpc) is 2.06. The molecule has 70 valence electrons. The van der Waals surface area contributed by atoms with Crippen LogP contribution in [0.25, 0.3) is 0 Å². The zero-order chi connectivity index (χ0) is 9.35. The second-order valence-corrected chi connectivity index (χ2v) is 2.19. The standard InChI is InChI=1S/C5H4F4O3/c6-3-2(1-5(7,8)9)11-4(10)12-3/h2-3H,1H2. The first-order valence-electron chi connectivity index (χ1n) is 2.96. The SMILES string of the molecule is O=C1OC(F)C(CC(F)(F)F)O1. The van der Waals surface area contributed by atoms with Gasteiger partial charge in [0.1, 0.15) is 0 Å². The minimum absolute atomic E-state index is 1.41. The molecule has 0 radical (unpaired) electrons. The molecule has 0 spiro atoms. The highest BCUT2D eigenvalue weighted by Crippen LogP contribution is 2.29. The largest absolute Gasteiger partial charge is 0.511 e. The molecule has 1 saturated heterocycles. The summed E-state index contributed by atoms with van der Waals surface area (Å²) in [6.07, 6.45) is -11.7. The van der Waals surface area contributed by atoms with Crippen LogP contribution in [0.1, 0.15) is 6.42 Å². The van der Waals surface area contributed by atoms with Crippen molar-refractivity contribution in [3.8, 4) is 0 Å². The Labute approximate surface area is 64.2 Å². The van der Waals surface area contributed by atoms with E-state index in [1.807, 2.05) is 0 Å². The zero-order valence-electron chi connectivity index (χ0n) is 5.60. The van der Waals surface area contributed by atoms with Gasteiger partial charge in [-0.1, -0.05) is 0 Å². The molecular formula is C5H4F4O3. The smallest absolute Gasteiger partial charge is 0.424 e. The summed E-state index contributed by atoms with van der Waals surface area (Å²) in [7, 11) is 0. The van der Waals surface area contributed by atoms with E-state index in [-0.39, 0.29) is 0 Å². The molecule has 7 heteroatoms. The normalized spacial score (nSPS) is 29.8. The van der Waals surface area contributed by atoms with Gasteiger partial charge in [0, 0.05) is 0 Å². The van der Waals surface area contributed by atoms with Crippen LogP contribution in [0.4, 0.5) is 22.4 Å². The molecule has 1 aliphatic rings. The fraction of sp³-hybridized carbons (Fsp3) is 0.800. The first kappa shape index (κ1) is 9.08. The van der Waals surface area contributed by atoms with Crippen molar-refractivity contribution in [1.29, 1.82) is 0 Å². The van der Waals surface area contributed by atoms with E-state index in [4.69, 9.17) is 0 Å². The Bertz CT molecular complexity index is 190. The van der Waals surface area contributed by atoms with Gasteiger partial charge in [0.05, 0.1) is 6.42 Å². The quantitative estimate of drug-likeness (QED) is 0.464. The molecule has 0 N–H and O–H groups in total. The van der Waals surface area contributed by atoms with Crippen LogP contribution in [0.3, 0.4) is 0 Å². The maximum atomic E-state index is 12.3. The van der Waals surface area contributed by atoms with Crippen LogP contribution >= 0.6 is 0 Å². The van der Waals surface area contributed by atoms with E-state index in [9.17, 15) is 22.4 Å². The molecule has 1 fully saturated rings. The molecule has 0 saturated carbocycles. The summed E-state index contributed by atoms with van der Waals surface area (Å²) in [6, 6.07) is 0. The van der Waals surface area contributed by atoms with Crippen molar-refractivity contribution in [3.05, 3.63) is 0 Å². The van der Waals surface area contributed by atoms with Crippen molar-refractivity contribution < 1.29 is 31.8 Å². The first-order valence-corrected chi connectivity index (χ1v) is 2.96. The van der Waals surface area contributed by atoms with Crippen LogP contribution in [0.2, 0.25) is 0 Å². The van der Waals surface area contributed by atoms with Gasteiger partial charge in [-0.15, -0.1) is 0 Å². The van der Waals surface area contributed by atoms with E-state index in [2.05, 4.69) is 9.47 Å². The number of carbonyl (C=O) groups is 1. The third-order valence-corrected chi connectivity index (χ3v) is 1.18. The summed E-state index contributed by atoms with van der Waals surface area (Å²) < 4.78 is 54.7. The summed E-state index contributed by atoms with van der Waals surface area (Å²) in [5.41, 5.74) is 0. The molecule has 0 aromatic carbocycles. The lowest BCUT2D eigenvalue weighted by Gasteiger charge is -2.10. The summed E-state index contributed by atoms with van der Waals surface area (Å²) >= 11 is 0. The average molecular weight is 188 g/mol. The molecule has 12 heavy (non-hydrogen) atoms. The summed E-state index contributed by atoms with van der Waals surface area (Å²) in [6.45, 7) is 0.